The molecular weight excluding hydrogens is 398 g/mol. The van der Waals surface area contributed by atoms with Crippen molar-refractivity contribution < 1.29 is 9.47 Å². The fourth-order valence-corrected chi connectivity index (χ4v) is 4.92. The van der Waals surface area contributed by atoms with Crippen molar-refractivity contribution in [3.8, 4) is 11.5 Å². The van der Waals surface area contributed by atoms with Gasteiger partial charge >= 0.3 is 0 Å². The Kier molecular flexibility index (Phi) is 7.03. The second-order valence-electron chi connectivity index (χ2n) is 8.21. The van der Waals surface area contributed by atoms with E-state index < -0.39 is 0 Å². The van der Waals surface area contributed by atoms with Crippen LogP contribution >= 0.6 is 11.6 Å². The van der Waals surface area contributed by atoms with Gasteiger partial charge in [0.2, 0.25) is 0 Å². The molecule has 2 heterocycles. The number of methoxy groups -OCH3 is 2. The molecule has 2 fully saturated rings. The van der Waals surface area contributed by atoms with Gasteiger partial charge in [0.15, 0.2) is 0 Å². The molecule has 1 atom stereocenters. The number of anilines is 1. The lowest BCUT2D eigenvalue weighted by Gasteiger charge is -2.44. The fourth-order valence-electron chi connectivity index (χ4n) is 4.74. The van der Waals surface area contributed by atoms with Crippen LogP contribution in [-0.4, -0.2) is 69.3 Å². The Morgan fingerprint density at radius 2 is 1.80 bits per heavy atom. The summed E-state index contributed by atoms with van der Waals surface area (Å²) in [6.07, 6.45) is 2.52. The average Bonchev–Trinajstić information content (AvgIpc) is 2.79. The highest BCUT2D eigenvalue weighted by atomic mass is 35.5. The molecule has 2 aromatic carbocycles. The van der Waals surface area contributed by atoms with Gasteiger partial charge in [-0.15, -0.1) is 0 Å². The van der Waals surface area contributed by atoms with Crippen LogP contribution in [0.25, 0.3) is 0 Å². The predicted molar refractivity (Wildman–Crippen MR) is 123 cm³/mol. The van der Waals surface area contributed by atoms with Gasteiger partial charge in [0.1, 0.15) is 11.5 Å². The van der Waals surface area contributed by atoms with E-state index in [2.05, 4.69) is 32.9 Å². The van der Waals surface area contributed by atoms with Gasteiger partial charge in [-0.25, -0.2) is 0 Å². The smallest absolute Gasteiger partial charge is 0.123 e. The Morgan fingerprint density at radius 3 is 2.53 bits per heavy atom. The van der Waals surface area contributed by atoms with Crippen LogP contribution in [0, 0.1) is 0 Å². The highest BCUT2D eigenvalue weighted by Gasteiger charge is 2.28. The van der Waals surface area contributed by atoms with Gasteiger partial charge in [-0.1, -0.05) is 17.7 Å². The quantitative estimate of drug-likeness (QED) is 0.688. The third-order valence-corrected chi connectivity index (χ3v) is 6.60. The summed E-state index contributed by atoms with van der Waals surface area (Å²) in [5.74, 6) is 1.82. The van der Waals surface area contributed by atoms with Crippen LogP contribution in [0.2, 0.25) is 5.02 Å². The molecule has 0 amide bonds. The third-order valence-electron chi connectivity index (χ3n) is 6.37. The largest absolute Gasteiger partial charge is 0.497 e. The van der Waals surface area contributed by atoms with Crippen LogP contribution in [0.5, 0.6) is 11.5 Å². The second-order valence-corrected chi connectivity index (χ2v) is 8.65. The van der Waals surface area contributed by atoms with Crippen LogP contribution in [0.1, 0.15) is 18.4 Å². The zero-order chi connectivity index (χ0) is 20.9. The molecule has 1 unspecified atom stereocenters. The first-order valence-corrected chi connectivity index (χ1v) is 11.2. The van der Waals surface area contributed by atoms with Gasteiger partial charge in [0, 0.05) is 61.6 Å². The van der Waals surface area contributed by atoms with Gasteiger partial charge < -0.3 is 14.4 Å². The lowest BCUT2D eigenvalue weighted by Crippen LogP contribution is -2.55. The topological polar surface area (TPSA) is 28.2 Å². The van der Waals surface area contributed by atoms with E-state index in [0.717, 1.165) is 62.3 Å². The number of benzene rings is 2. The standard InChI is InChI=1S/C24H32ClN3O2/c1-29-23-8-9-24(30-2)19(15-23)17-26-10-4-7-22(18-26)28-13-11-27(12-14-28)21-6-3-5-20(25)16-21/h3,5-6,8-9,15-16,22H,4,7,10-14,17-18H2,1-2H3. The van der Waals surface area contributed by atoms with E-state index in [1.165, 1.54) is 24.1 Å². The van der Waals surface area contributed by atoms with Crippen molar-refractivity contribution in [1.82, 2.24) is 9.80 Å². The second kappa shape index (κ2) is 9.90. The van der Waals surface area contributed by atoms with Crippen molar-refractivity contribution >= 4 is 17.3 Å². The Morgan fingerprint density at radius 1 is 0.967 bits per heavy atom. The minimum atomic E-state index is 0.622. The maximum atomic E-state index is 6.18. The molecule has 162 valence electrons. The minimum absolute atomic E-state index is 0.622. The van der Waals surface area contributed by atoms with Crippen LogP contribution in [0.3, 0.4) is 0 Å². The first-order valence-electron chi connectivity index (χ1n) is 10.8. The van der Waals surface area contributed by atoms with Gasteiger partial charge in [0.25, 0.3) is 0 Å². The van der Waals surface area contributed by atoms with Crippen molar-refractivity contribution in [1.29, 1.82) is 0 Å². The lowest BCUT2D eigenvalue weighted by molar-refractivity contribution is 0.0883. The molecular formula is C24H32ClN3O2. The molecule has 4 rings (SSSR count). The van der Waals surface area contributed by atoms with Gasteiger partial charge in [0.05, 0.1) is 14.2 Å². The van der Waals surface area contributed by atoms with E-state index in [0.29, 0.717) is 6.04 Å². The van der Waals surface area contributed by atoms with E-state index in [1.807, 2.05) is 24.3 Å². The van der Waals surface area contributed by atoms with Crippen molar-refractivity contribution in [3.63, 3.8) is 0 Å². The van der Waals surface area contributed by atoms with E-state index in [9.17, 15) is 0 Å². The summed E-state index contributed by atoms with van der Waals surface area (Å²) in [5, 5.41) is 0.811. The fraction of sp³-hybridized carbons (Fsp3) is 0.500. The SMILES string of the molecule is COc1ccc(OC)c(CN2CCCC(N3CCN(c4cccc(Cl)c4)CC3)C2)c1. The number of hydrogen-bond donors (Lipinski definition) is 0. The van der Waals surface area contributed by atoms with E-state index in [4.69, 9.17) is 21.1 Å². The Balaban J connectivity index is 1.35. The number of hydrogen-bond acceptors (Lipinski definition) is 5. The first-order chi connectivity index (χ1) is 14.7. The number of likely N-dealkylation sites (tertiary alicyclic amines) is 1. The number of piperazine rings is 1. The summed E-state index contributed by atoms with van der Waals surface area (Å²) in [7, 11) is 3.45. The van der Waals surface area contributed by atoms with E-state index >= 15 is 0 Å². The van der Waals surface area contributed by atoms with Gasteiger partial charge in [-0.2, -0.15) is 0 Å². The van der Waals surface area contributed by atoms with Crippen molar-refractivity contribution in [3.05, 3.63) is 53.1 Å². The molecule has 30 heavy (non-hydrogen) atoms. The minimum Gasteiger partial charge on any atom is -0.497 e. The summed E-state index contributed by atoms with van der Waals surface area (Å²) in [6.45, 7) is 7.47. The molecule has 2 aliphatic heterocycles. The van der Waals surface area contributed by atoms with Crippen molar-refractivity contribution in [2.75, 3.05) is 58.4 Å². The summed E-state index contributed by atoms with van der Waals surface area (Å²) >= 11 is 6.18. The Bertz CT molecular complexity index is 839. The maximum absolute atomic E-state index is 6.18. The van der Waals surface area contributed by atoms with Crippen LogP contribution in [-0.2, 0) is 6.54 Å². The highest BCUT2D eigenvalue weighted by Crippen LogP contribution is 2.28. The van der Waals surface area contributed by atoms with Crippen LogP contribution in [0.15, 0.2) is 42.5 Å². The van der Waals surface area contributed by atoms with Gasteiger partial charge in [-0.3, -0.25) is 9.80 Å². The monoisotopic (exact) mass is 429 g/mol. The zero-order valence-corrected chi connectivity index (χ0v) is 18.8. The molecule has 0 bridgehead atoms. The normalized spacial score (nSPS) is 20.9. The average molecular weight is 430 g/mol. The molecule has 6 heteroatoms. The molecule has 0 saturated carbocycles. The highest BCUT2D eigenvalue weighted by molar-refractivity contribution is 6.30. The molecule has 0 spiro atoms. The molecule has 2 aliphatic rings. The molecule has 0 N–H and O–H groups in total. The van der Waals surface area contributed by atoms with Crippen LogP contribution < -0.4 is 14.4 Å². The van der Waals surface area contributed by atoms with E-state index in [1.54, 1.807) is 14.2 Å². The van der Waals surface area contributed by atoms with Gasteiger partial charge in [-0.05, 0) is 55.8 Å². The summed E-state index contributed by atoms with van der Waals surface area (Å²) in [5.41, 5.74) is 2.43. The molecule has 2 saturated heterocycles. The summed E-state index contributed by atoms with van der Waals surface area (Å²) in [4.78, 5) is 7.69. The summed E-state index contributed by atoms with van der Waals surface area (Å²) in [6, 6.07) is 14.9. The number of halogens is 1. The molecule has 5 nitrogen and oxygen atoms in total. The van der Waals surface area contributed by atoms with Crippen LogP contribution in [0.4, 0.5) is 5.69 Å². The van der Waals surface area contributed by atoms with Crippen molar-refractivity contribution in [2.24, 2.45) is 0 Å². The zero-order valence-electron chi connectivity index (χ0n) is 18.0. The predicted octanol–water partition coefficient (Wildman–Crippen LogP) is 4.14. The molecule has 0 aromatic heterocycles. The van der Waals surface area contributed by atoms with E-state index in [-0.39, 0.29) is 0 Å². The van der Waals surface area contributed by atoms with Crippen molar-refractivity contribution in [2.45, 2.75) is 25.4 Å². The number of nitrogens with zero attached hydrogens (tertiary/aromatic N) is 3. The lowest BCUT2D eigenvalue weighted by atomic mass is 10.0. The molecule has 2 aromatic rings. The molecule has 0 radical (unpaired) electrons. The summed E-state index contributed by atoms with van der Waals surface area (Å²) < 4.78 is 11.0. The number of ether oxygens (including phenoxy) is 2. The maximum Gasteiger partial charge on any atom is 0.123 e. The Hall–Kier alpha value is -1.95. The Labute approximate surface area is 185 Å². The third kappa shape index (κ3) is 5.02. The molecule has 0 aliphatic carbocycles. The number of piperidine rings is 1. The number of rotatable bonds is 6. The first kappa shape index (κ1) is 21.3.